The number of nitrogens with zero attached hydrogens (tertiary/aromatic N) is 3. The summed E-state index contributed by atoms with van der Waals surface area (Å²) >= 11 is 0. The Kier molecular flexibility index (Phi) is 9.89. The molecule has 1 N–H and O–H groups in total. The van der Waals surface area contributed by atoms with Crippen molar-refractivity contribution in [3.8, 4) is 11.8 Å². The number of hydrogen-bond donors (Lipinski definition) is 1. The monoisotopic (exact) mass is 568 g/mol. The molecule has 2 fully saturated rings. The van der Waals surface area contributed by atoms with Crippen molar-refractivity contribution in [1.82, 2.24) is 19.4 Å². The van der Waals surface area contributed by atoms with Crippen LogP contribution in [0.4, 0.5) is 4.79 Å². The maximum Gasteiger partial charge on any atom is 0.410 e. The Morgan fingerprint density at radius 2 is 1.76 bits per heavy atom. The van der Waals surface area contributed by atoms with Crippen LogP contribution < -0.4 is 11.0 Å². The van der Waals surface area contributed by atoms with E-state index in [0.717, 1.165) is 37.9 Å². The summed E-state index contributed by atoms with van der Waals surface area (Å²) in [5.41, 5.74) is 1.23. The van der Waals surface area contributed by atoms with Gasteiger partial charge in [-0.2, -0.15) is 0 Å². The molecule has 1 atom stereocenters. The number of rotatable bonds is 8. The van der Waals surface area contributed by atoms with Crippen molar-refractivity contribution in [2.75, 3.05) is 39.5 Å². The fraction of sp³-hybridized carbons (Fsp3) is 0.600. The quantitative estimate of drug-likeness (QED) is 0.295. The SMILES string of the molecule is Cn1c(=O)n(C2CCC(=O)NC2=O)c2ccc(C#CCOCCOCCC3CCN(C(=O)OC(C)(C)C)CC3)cc21. The average molecular weight is 569 g/mol. The first-order valence-electron chi connectivity index (χ1n) is 14.2. The molecule has 2 aliphatic heterocycles. The molecule has 11 heteroatoms. The van der Waals surface area contributed by atoms with Crippen molar-refractivity contribution in [2.24, 2.45) is 13.0 Å². The number of amides is 3. The number of carbonyl (C=O) groups excluding carboxylic acids is 3. The van der Waals surface area contributed by atoms with E-state index >= 15 is 0 Å². The van der Waals surface area contributed by atoms with Gasteiger partial charge in [-0.25, -0.2) is 9.59 Å². The molecule has 2 aromatic rings. The lowest BCUT2D eigenvalue weighted by molar-refractivity contribution is -0.135. The van der Waals surface area contributed by atoms with Crippen molar-refractivity contribution < 1.29 is 28.6 Å². The van der Waals surface area contributed by atoms with Gasteiger partial charge in [-0.15, -0.1) is 0 Å². The predicted octanol–water partition coefficient (Wildman–Crippen LogP) is 2.74. The van der Waals surface area contributed by atoms with E-state index in [-0.39, 0.29) is 30.7 Å². The van der Waals surface area contributed by atoms with Gasteiger partial charge in [0.1, 0.15) is 18.2 Å². The summed E-state index contributed by atoms with van der Waals surface area (Å²) in [5, 5.41) is 2.31. The molecule has 4 rings (SSSR count). The highest BCUT2D eigenvalue weighted by molar-refractivity contribution is 6.00. The number of likely N-dealkylation sites (tertiary alicyclic amines) is 1. The third-order valence-electron chi connectivity index (χ3n) is 7.33. The van der Waals surface area contributed by atoms with E-state index in [1.54, 1.807) is 24.1 Å². The first kappa shape index (κ1) is 30.3. The highest BCUT2D eigenvalue weighted by atomic mass is 16.6. The maximum absolute atomic E-state index is 12.9. The highest BCUT2D eigenvalue weighted by Crippen LogP contribution is 2.24. The zero-order valence-corrected chi connectivity index (χ0v) is 24.4. The number of hydrogen-bond acceptors (Lipinski definition) is 7. The van der Waals surface area contributed by atoms with Crippen LogP contribution in [0.15, 0.2) is 23.0 Å². The fourth-order valence-electron chi connectivity index (χ4n) is 5.13. The van der Waals surface area contributed by atoms with Gasteiger partial charge >= 0.3 is 11.8 Å². The van der Waals surface area contributed by atoms with E-state index in [9.17, 15) is 19.2 Å². The third-order valence-corrected chi connectivity index (χ3v) is 7.33. The molecule has 0 saturated carbocycles. The Labute approximate surface area is 240 Å². The van der Waals surface area contributed by atoms with Crippen LogP contribution in [0.2, 0.25) is 0 Å². The number of piperidine rings is 2. The van der Waals surface area contributed by atoms with E-state index in [0.29, 0.717) is 43.2 Å². The van der Waals surface area contributed by atoms with Crippen LogP contribution in [-0.4, -0.2) is 77.1 Å². The van der Waals surface area contributed by atoms with Crippen LogP contribution in [0, 0.1) is 17.8 Å². The molecule has 0 aliphatic carbocycles. The Morgan fingerprint density at radius 1 is 1.02 bits per heavy atom. The molecule has 41 heavy (non-hydrogen) atoms. The van der Waals surface area contributed by atoms with Gasteiger partial charge in [0.25, 0.3) is 0 Å². The van der Waals surface area contributed by atoms with Crippen LogP contribution in [0.3, 0.4) is 0 Å². The van der Waals surface area contributed by atoms with Crippen molar-refractivity contribution in [1.29, 1.82) is 0 Å². The third kappa shape index (κ3) is 7.99. The molecule has 1 aromatic heterocycles. The van der Waals surface area contributed by atoms with Gasteiger partial charge in [-0.3, -0.25) is 24.0 Å². The zero-order chi connectivity index (χ0) is 29.6. The second-order valence-electron chi connectivity index (χ2n) is 11.5. The molecule has 11 nitrogen and oxygen atoms in total. The molecular formula is C30H40N4O7. The van der Waals surface area contributed by atoms with Gasteiger partial charge in [0, 0.05) is 38.7 Å². The Morgan fingerprint density at radius 3 is 2.46 bits per heavy atom. The lowest BCUT2D eigenvalue weighted by atomic mass is 9.94. The molecule has 2 aliphatic rings. The van der Waals surface area contributed by atoms with Crippen LogP contribution in [0.5, 0.6) is 0 Å². The number of nitrogens with one attached hydrogen (secondary N) is 1. The number of ether oxygens (including phenoxy) is 3. The fourth-order valence-corrected chi connectivity index (χ4v) is 5.13. The molecule has 222 valence electrons. The summed E-state index contributed by atoms with van der Waals surface area (Å²) in [4.78, 5) is 50.7. The van der Waals surface area contributed by atoms with E-state index in [4.69, 9.17) is 14.2 Å². The minimum atomic E-state index is -0.714. The van der Waals surface area contributed by atoms with E-state index in [1.807, 2.05) is 26.8 Å². The minimum Gasteiger partial charge on any atom is -0.444 e. The maximum atomic E-state index is 12.9. The smallest absolute Gasteiger partial charge is 0.410 e. The zero-order valence-electron chi connectivity index (χ0n) is 24.4. The van der Waals surface area contributed by atoms with Crippen LogP contribution in [0.25, 0.3) is 11.0 Å². The van der Waals surface area contributed by atoms with Gasteiger partial charge < -0.3 is 19.1 Å². The molecule has 2 saturated heterocycles. The summed E-state index contributed by atoms with van der Waals surface area (Å²) in [6.45, 7) is 8.90. The average Bonchev–Trinajstić information content (AvgIpc) is 3.16. The van der Waals surface area contributed by atoms with E-state index in [1.165, 1.54) is 9.13 Å². The van der Waals surface area contributed by atoms with Crippen molar-refractivity contribution in [3.05, 3.63) is 34.2 Å². The number of imidazole rings is 1. The van der Waals surface area contributed by atoms with E-state index < -0.39 is 17.6 Å². The first-order chi connectivity index (χ1) is 19.5. The van der Waals surface area contributed by atoms with Gasteiger partial charge in [0.15, 0.2) is 0 Å². The Hall–Kier alpha value is -3.62. The number of benzene rings is 1. The summed E-state index contributed by atoms with van der Waals surface area (Å²) in [6, 6.07) is 4.68. The second kappa shape index (κ2) is 13.4. The van der Waals surface area contributed by atoms with Gasteiger partial charge in [0.2, 0.25) is 11.8 Å². The lowest BCUT2D eigenvalue weighted by Crippen LogP contribution is -2.44. The summed E-state index contributed by atoms with van der Waals surface area (Å²) in [5.74, 6) is 5.80. The molecule has 0 radical (unpaired) electrons. The number of aromatic nitrogens is 2. The van der Waals surface area contributed by atoms with Crippen LogP contribution in [-0.2, 0) is 30.8 Å². The Balaban J connectivity index is 1.15. The second-order valence-corrected chi connectivity index (χ2v) is 11.5. The minimum absolute atomic E-state index is 0.199. The molecule has 1 unspecified atom stereocenters. The van der Waals surface area contributed by atoms with Crippen molar-refractivity contribution in [3.63, 3.8) is 0 Å². The molecule has 0 bridgehead atoms. The number of fused-ring (bicyclic) bond motifs is 1. The molecule has 0 spiro atoms. The molecule has 3 heterocycles. The van der Waals surface area contributed by atoms with E-state index in [2.05, 4.69) is 17.2 Å². The van der Waals surface area contributed by atoms with Gasteiger partial charge in [0.05, 0.1) is 24.2 Å². The largest absolute Gasteiger partial charge is 0.444 e. The highest BCUT2D eigenvalue weighted by Gasteiger charge is 2.31. The van der Waals surface area contributed by atoms with Crippen molar-refractivity contribution in [2.45, 2.75) is 64.5 Å². The summed E-state index contributed by atoms with van der Waals surface area (Å²) < 4.78 is 19.7. The molecular weight excluding hydrogens is 528 g/mol. The number of aryl methyl sites for hydroxylation is 1. The number of imide groups is 1. The molecule has 3 amide bonds. The van der Waals surface area contributed by atoms with Crippen LogP contribution in [0.1, 0.15) is 64.5 Å². The van der Waals surface area contributed by atoms with Crippen molar-refractivity contribution >= 4 is 28.9 Å². The normalized spacial score (nSPS) is 18.2. The topological polar surface area (TPSA) is 121 Å². The Bertz CT molecular complexity index is 1380. The molecule has 1 aromatic carbocycles. The predicted molar refractivity (Wildman–Crippen MR) is 152 cm³/mol. The van der Waals surface area contributed by atoms with Crippen LogP contribution >= 0.6 is 0 Å². The van der Waals surface area contributed by atoms with Gasteiger partial charge in [-0.1, -0.05) is 11.8 Å². The number of carbonyl (C=O) groups is 3. The first-order valence-corrected chi connectivity index (χ1v) is 14.2. The summed E-state index contributed by atoms with van der Waals surface area (Å²) in [7, 11) is 1.65. The standard InChI is InChI=1S/C30H40N4O7/c1-30(2,3)41-29(38)33-14-11-21(12-15-33)13-17-40-19-18-39-16-5-6-22-7-8-23-25(20-22)32(4)28(37)34(23)24-9-10-26(35)31-27(24)36/h7-8,20-21,24H,9-19H2,1-4H3,(H,31,35,36). The lowest BCUT2D eigenvalue weighted by Gasteiger charge is -2.33. The summed E-state index contributed by atoms with van der Waals surface area (Å²) in [6.07, 6.45) is 3.12. The van der Waals surface area contributed by atoms with Gasteiger partial charge in [-0.05, 0) is 70.6 Å².